The van der Waals surface area contributed by atoms with Crippen molar-refractivity contribution in [3.8, 4) is 0 Å². The highest BCUT2D eigenvalue weighted by molar-refractivity contribution is 6.48. The lowest BCUT2D eigenvalue weighted by Crippen LogP contribution is -2.14. The summed E-state index contributed by atoms with van der Waals surface area (Å²) in [6.07, 6.45) is 13.8. The molecule has 0 rings (SSSR count). The predicted octanol–water partition coefficient (Wildman–Crippen LogP) is 2.50. The van der Waals surface area contributed by atoms with Crippen molar-refractivity contribution in [3.05, 3.63) is 69.3 Å². The van der Waals surface area contributed by atoms with Gasteiger partial charge in [-0.05, 0) is 38.5 Å². The Bertz CT molecular complexity index is 763. The Kier molecular flexibility index (Phi) is 15.9. The first-order valence-corrected chi connectivity index (χ1v) is 10.2. The first-order valence-electron chi connectivity index (χ1n) is 10.2. The fourth-order valence-electron chi connectivity index (χ4n) is 2.40. The van der Waals surface area contributed by atoms with E-state index < -0.39 is 12.1 Å². The van der Waals surface area contributed by atoms with Crippen molar-refractivity contribution < 1.29 is 15.0 Å². The van der Waals surface area contributed by atoms with Crippen LogP contribution < -0.4 is 0 Å². The number of aliphatic hydroxyl groups excluding tert-OH is 1. The maximum Gasteiger partial charge on any atom is 0.303 e. The van der Waals surface area contributed by atoms with E-state index in [0.717, 1.165) is 12.8 Å². The Hall–Kier alpha value is -1.74. The van der Waals surface area contributed by atoms with E-state index in [9.17, 15) is 9.90 Å². The normalized spacial score (nSPS) is 15.8. The minimum absolute atomic E-state index is 0.0145. The van der Waals surface area contributed by atoms with Crippen LogP contribution in [0.2, 0.25) is 0 Å². The second-order valence-corrected chi connectivity index (χ2v) is 6.92. The van der Waals surface area contributed by atoms with E-state index in [1.165, 1.54) is 0 Å². The molecular formula is C22H26B6O3. The van der Waals surface area contributed by atoms with Crippen LogP contribution in [0, 0.1) is 0 Å². The van der Waals surface area contributed by atoms with E-state index >= 15 is 0 Å². The van der Waals surface area contributed by atoms with Crippen LogP contribution in [0.5, 0.6) is 0 Å². The third kappa shape index (κ3) is 12.6. The van der Waals surface area contributed by atoms with Gasteiger partial charge in [0.1, 0.15) is 47.1 Å². The maximum absolute atomic E-state index is 10.4. The zero-order valence-electron chi connectivity index (χ0n) is 18.3. The van der Waals surface area contributed by atoms with E-state index in [1.807, 2.05) is 31.2 Å². The van der Waals surface area contributed by atoms with Gasteiger partial charge < -0.3 is 10.2 Å². The predicted molar refractivity (Wildman–Crippen MR) is 135 cm³/mol. The molecule has 0 spiro atoms. The molecule has 0 saturated carbocycles. The van der Waals surface area contributed by atoms with Crippen molar-refractivity contribution in [1.29, 1.82) is 0 Å². The topological polar surface area (TPSA) is 57.5 Å². The zero-order valence-corrected chi connectivity index (χ0v) is 18.3. The van der Waals surface area contributed by atoms with Gasteiger partial charge in [-0.25, -0.2) is 0 Å². The molecule has 0 bridgehead atoms. The van der Waals surface area contributed by atoms with Crippen LogP contribution in [-0.2, 0) is 4.79 Å². The van der Waals surface area contributed by atoms with Crippen molar-refractivity contribution in [3.63, 3.8) is 0 Å². The zero-order chi connectivity index (χ0) is 23.8. The van der Waals surface area contributed by atoms with Crippen molar-refractivity contribution >= 4 is 53.0 Å². The van der Waals surface area contributed by atoms with Gasteiger partial charge in [0.25, 0.3) is 0 Å². The lowest BCUT2D eigenvalue weighted by atomic mass is 9.59. The summed E-state index contributed by atoms with van der Waals surface area (Å²) in [5.74, 6) is -0.832. The van der Waals surface area contributed by atoms with Gasteiger partial charge in [0, 0.05) is 6.42 Å². The third-order valence-electron chi connectivity index (χ3n) is 4.36. The summed E-state index contributed by atoms with van der Waals surface area (Å²) in [5, 5.41) is 18.8. The minimum atomic E-state index is -1.06. The van der Waals surface area contributed by atoms with E-state index in [1.54, 1.807) is 12.2 Å². The minimum Gasteiger partial charge on any atom is -0.481 e. The number of aliphatic carboxylic acids is 1. The number of carboxylic acid groups (broad SMARTS) is 1. The fraction of sp³-hybridized carbons (Fsp3) is 0.409. The van der Waals surface area contributed by atoms with Crippen LogP contribution in [0.1, 0.15) is 51.9 Å². The summed E-state index contributed by atoms with van der Waals surface area (Å²) in [5.41, 5.74) is 0.459. The van der Waals surface area contributed by atoms with E-state index in [0.29, 0.717) is 24.7 Å². The summed E-state index contributed by atoms with van der Waals surface area (Å²) < 4.78 is 0. The van der Waals surface area contributed by atoms with Gasteiger partial charge in [0.2, 0.25) is 0 Å². The molecule has 0 aliphatic heterocycles. The Morgan fingerprint density at radius 3 is 1.94 bits per heavy atom. The van der Waals surface area contributed by atoms with E-state index in [2.05, 4.69) is 0 Å². The van der Waals surface area contributed by atoms with Crippen molar-refractivity contribution in [2.45, 2.75) is 58.0 Å². The molecule has 31 heavy (non-hydrogen) atoms. The van der Waals surface area contributed by atoms with Gasteiger partial charge in [0.15, 0.2) is 0 Å². The number of aliphatic hydroxyl groups is 1. The Labute approximate surface area is 195 Å². The van der Waals surface area contributed by atoms with Crippen molar-refractivity contribution in [2.75, 3.05) is 0 Å². The van der Waals surface area contributed by atoms with Crippen LogP contribution in [-0.4, -0.2) is 69.4 Å². The average Bonchev–Trinajstić information content (AvgIpc) is 2.75. The third-order valence-corrected chi connectivity index (χ3v) is 4.36. The lowest BCUT2D eigenvalue weighted by Gasteiger charge is -2.20. The van der Waals surface area contributed by atoms with Crippen LogP contribution in [0.15, 0.2) is 69.3 Å². The molecule has 150 valence electrons. The number of carbonyl (C=O) groups is 1. The molecule has 0 fully saturated rings. The molecule has 0 amide bonds. The Morgan fingerprint density at radius 2 is 1.32 bits per heavy atom. The number of allylic oxidation sites excluding steroid dienone is 10. The summed E-state index contributed by atoms with van der Waals surface area (Å²) >= 11 is 0. The Morgan fingerprint density at radius 1 is 0.774 bits per heavy atom. The molecule has 0 aliphatic carbocycles. The first kappa shape index (κ1) is 29.3. The summed E-state index contributed by atoms with van der Waals surface area (Å²) in [4.78, 5) is 10.4. The number of hydrogen-bond acceptors (Lipinski definition) is 2. The highest BCUT2D eigenvalue weighted by atomic mass is 16.4. The standard InChI is InChI=1S/C22H26B6O3/c1-2-3-4-9-12-15(23)18(24)20(26)22(28)21(27)19(25)16(29)13-10-7-5-6-8-11-14-17(30)31/h3-4,6-8,10,16,29H,2,5,9,11-14H2,1H3,(H,30,31)/b4-3-,8-6-,10-7-,18-15+,21-19+,22-20-/t16-/m0/s1. The quantitative estimate of drug-likeness (QED) is 0.266. The lowest BCUT2D eigenvalue weighted by molar-refractivity contribution is -0.136. The van der Waals surface area contributed by atoms with Crippen LogP contribution >= 0.6 is 0 Å². The maximum atomic E-state index is 10.4. The van der Waals surface area contributed by atoms with Gasteiger partial charge in [-0.15, -0.1) is 27.4 Å². The summed E-state index contributed by atoms with van der Waals surface area (Å²) in [7, 11) is 35.9. The van der Waals surface area contributed by atoms with Gasteiger partial charge in [-0.2, -0.15) is 0 Å². The summed E-state index contributed by atoms with van der Waals surface area (Å²) in [6.45, 7) is 2.04. The van der Waals surface area contributed by atoms with Crippen LogP contribution in [0.4, 0.5) is 0 Å². The molecule has 12 radical (unpaired) electrons. The van der Waals surface area contributed by atoms with Crippen molar-refractivity contribution in [1.82, 2.24) is 0 Å². The molecule has 0 aliphatic rings. The summed E-state index contributed by atoms with van der Waals surface area (Å²) in [6, 6.07) is 0. The SMILES string of the molecule is [B]C(=C([B])/C([B])=C(\[B])[C@@H](O)C/C=C\C/C=C\CCC(=O)O)/C([B])=C(\[B])CC/C=C\CC. The molecule has 0 aromatic rings. The highest BCUT2D eigenvalue weighted by Gasteiger charge is 2.10. The van der Waals surface area contributed by atoms with Gasteiger partial charge in [-0.1, -0.05) is 48.9 Å². The Balaban J connectivity index is 5.00. The number of rotatable bonds is 14. The fourth-order valence-corrected chi connectivity index (χ4v) is 2.40. The van der Waals surface area contributed by atoms with Crippen LogP contribution in [0.25, 0.3) is 0 Å². The van der Waals surface area contributed by atoms with E-state index in [-0.39, 0.29) is 40.2 Å². The average molecular weight is 403 g/mol. The highest BCUT2D eigenvalue weighted by Crippen LogP contribution is 2.20. The monoisotopic (exact) mass is 404 g/mol. The largest absolute Gasteiger partial charge is 0.481 e. The molecule has 0 unspecified atom stereocenters. The van der Waals surface area contributed by atoms with Gasteiger partial charge in [0.05, 0.1) is 6.10 Å². The molecule has 0 aromatic heterocycles. The molecular weight excluding hydrogens is 377 g/mol. The molecule has 2 N–H and O–H groups in total. The smallest absolute Gasteiger partial charge is 0.303 e. The van der Waals surface area contributed by atoms with E-state index in [4.69, 9.17) is 52.2 Å². The molecule has 3 nitrogen and oxygen atoms in total. The second-order valence-electron chi connectivity index (χ2n) is 6.92. The first-order chi connectivity index (χ1) is 14.6. The number of carboxylic acids is 1. The molecule has 0 heterocycles. The molecule has 9 heteroatoms. The molecule has 0 saturated heterocycles. The molecule has 0 aromatic carbocycles. The van der Waals surface area contributed by atoms with Gasteiger partial charge >= 0.3 is 5.97 Å². The molecule has 1 atom stereocenters. The van der Waals surface area contributed by atoms with Crippen LogP contribution in [0.3, 0.4) is 0 Å². The second kappa shape index (κ2) is 16.9. The number of hydrogen-bond donors (Lipinski definition) is 2. The van der Waals surface area contributed by atoms with Crippen molar-refractivity contribution in [2.24, 2.45) is 0 Å². The van der Waals surface area contributed by atoms with Gasteiger partial charge in [-0.3, -0.25) is 4.79 Å².